The number of ether oxygens (including phenoxy) is 3. The molecule has 8 nitrogen and oxygen atoms in total. The Bertz CT molecular complexity index is 831. The van der Waals surface area contributed by atoms with E-state index in [1.807, 2.05) is 0 Å². The van der Waals surface area contributed by atoms with Gasteiger partial charge in [-0.3, -0.25) is 14.9 Å². The van der Waals surface area contributed by atoms with E-state index in [0.717, 1.165) is 6.07 Å². The molecule has 0 aliphatic heterocycles. The van der Waals surface area contributed by atoms with Crippen LogP contribution in [-0.2, 0) is 4.79 Å². The summed E-state index contributed by atoms with van der Waals surface area (Å²) in [6.45, 7) is -1.66. The summed E-state index contributed by atoms with van der Waals surface area (Å²) in [4.78, 5) is 22.6. The van der Waals surface area contributed by atoms with Crippen LogP contribution in [0.4, 0.5) is 20.2 Å². The lowest BCUT2D eigenvalue weighted by molar-refractivity contribution is -0.385. The Morgan fingerprint density at radius 3 is 2.44 bits per heavy atom. The third kappa shape index (κ3) is 5.27. The van der Waals surface area contributed by atoms with E-state index in [0.29, 0.717) is 0 Å². The van der Waals surface area contributed by atoms with E-state index in [1.54, 1.807) is 0 Å². The van der Waals surface area contributed by atoms with Crippen molar-refractivity contribution >= 4 is 17.3 Å². The molecule has 27 heavy (non-hydrogen) atoms. The van der Waals surface area contributed by atoms with Crippen molar-refractivity contribution in [2.75, 3.05) is 12.4 Å². The number of carbonyl (C=O) groups excluding carboxylic acids is 1. The first kappa shape index (κ1) is 19.9. The molecule has 0 heterocycles. The number of anilines is 1. The van der Waals surface area contributed by atoms with Crippen molar-refractivity contribution in [2.24, 2.45) is 0 Å². The summed E-state index contributed by atoms with van der Waals surface area (Å²) in [6, 6.07) is 9.35. The van der Waals surface area contributed by atoms with Gasteiger partial charge in [0.2, 0.25) is 0 Å². The molecule has 1 atom stereocenters. The zero-order valence-electron chi connectivity index (χ0n) is 14.3. The van der Waals surface area contributed by atoms with E-state index in [2.05, 4.69) is 10.1 Å². The van der Waals surface area contributed by atoms with Crippen LogP contribution >= 0.6 is 0 Å². The zero-order valence-corrected chi connectivity index (χ0v) is 14.3. The first-order valence-corrected chi connectivity index (χ1v) is 7.65. The molecule has 0 aromatic heterocycles. The molecule has 144 valence electrons. The van der Waals surface area contributed by atoms with Crippen LogP contribution in [0.3, 0.4) is 0 Å². The number of non-ortho nitro benzene ring substituents is 1. The van der Waals surface area contributed by atoms with Gasteiger partial charge in [0.15, 0.2) is 17.6 Å². The molecule has 0 spiro atoms. The topological polar surface area (TPSA) is 99.9 Å². The van der Waals surface area contributed by atoms with Crippen molar-refractivity contribution in [1.82, 2.24) is 0 Å². The molecular weight excluding hydrogens is 366 g/mol. The number of carbonyl (C=O) groups is 1. The molecule has 1 unspecified atom stereocenters. The number of amides is 1. The van der Waals surface area contributed by atoms with Crippen LogP contribution in [0.1, 0.15) is 6.92 Å². The standard InChI is InChI=1S/C17H16F2N2O6/c1-10(26-15-9-11(21(23)24)7-8-14(15)25-2)16(22)20-12-5-3-4-6-13(12)27-17(18)19/h3-10,17H,1-2H3,(H,20,22). The molecule has 0 radical (unpaired) electrons. The Hall–Kier alpha value is -3.43. The Kier molecular flexibility index (Phi) is 6.47. The fraction of sp³-hybridized carbons (Fsp3) is 0.235. The minimum atomic E-state index is -3.05. The first-order chi connectivity index (χ1) is 12.8. The maximum absolute atomic E-state index is 12.4. The molecule has 0 aliphatic carbocycles. The van der Waals surface area contributed by atoms with Crippen LogP contribution in [0, 0.1) is 10.1 Å². The summed E-state index contributed by atoms with van der Waals surface area (Å²) in [5.41, 5.74) is -0.210. The third-order valence-corrected chi connectivity index (χ3v) is 3.39. The lowest BCUT2D eigenvalue weighted by atomic mass is 10.2. The van der Waals surface area contributed by atoms with E-state index < -0.39 is 23.5 Å². The number of nitrogens with one attached hydrogen (secondary N) is 1. The first-order valence-electron chi connectivity index (χ1n) is 7.65. The van der Waals surface area contributed by atoms with Gasteiger partial charge in [-0.05, 0) is 25.1 Å². The highest BCUT2D eigenvalue weighted by molar-refractivity contribution is 5.95. The Balaban J connectivity index is 2.15. The summed E-state index contributed by atoms with van der Waals surface area (Å²) in [6.07, 6.45) is -1.11. The Morgan fingerprint density at radius 1 is 1.11 bits per heavy atom. The molecule has 0 saturated carbocycles. The van der Waals surface area contributed by atoms with Gasteiger partial charge < -0.3 is 19.5 Å². The summed E-state index contributed by atoms with van der Waals surface area (Å²) in [7, 11) is 1.34. The number of nitro groups is 1. The molecule has 10 heteroatoms. The van der Waals surface area contributed by atoms with Crippen LogP contribution in [-0.4, -0.2) is 30.7 Å². The van der Waals surface area contributed by atoms with Gasteiger partial charge in [-0.1, -0.05) is 12.1 Å². The van der Waals surface area contributed by atoms with Gasteiger partial charge in [0.1, 0.15) is 5.75 Å². The predicted molar refractivity (Wildman–Crippen MR) is 91.4 cm³/mol. The lowest BCUT2D eigenvalue weighted by Crippen LogP contribution is -2.30. The van der Waals surface area contributed by atoms with Crippen molar-refractivity contribution in [1.29, 1.82) is 0 Å². The molecule has 1 amide bonds. The van der Waals surface area contributed by atoms with Gasteiger partial charge in [0.25, 0.3) is 11.6 Å². The molecule has 2 aromatic carbocycles. The minimum absolute atomic E-state index is 0.00790. The largest absolute Gasteiger partial charge is 0.493 e. The van der Waals surface area contributed by atoms with Gasteiger partial charge >= 0.3 is 6.61 Å². The normalized spacial score (nSPS) is 11.6. The second kappa shape index (κ2) is 8.79. The van der Waals surface area contributed by atoms with Crippen molar-refractivity contribution in [3.8, 4) is 17.2 Å². The molecule has 1 N–H and O–H groups in total. The Morgan fingerprint density at radius 2 is 1.81 bits per heavy atom. The number of nitro benzene ring substituents is 1. The maximum atomic E-state index is 12.4. The molecule has 0 bridgehead atoms. The highest BCUT2D eigenvalue weighted by Gasteiger charge is 2.21. The number of benzene rings is 2. The van der Waals surface area contributed by atoms with E-state index in [4.69, 9.17) is 9.47 Å². The fourth-order valence-corrected chi connectivity index (χ4v) is 2.12. The van der Waals surface area contributed by atoms with E-state index in [1.165, 1.54) is 50.4 Å². The van der Waals surface area contributed by atoms with Crippen LogP contribution in [0.5, 0.6) is 17.2 Å². The molecule has 2 rings (SSSR count). The number of para-hydroxylation sites is 2. The number of methoxy groups -OCH3 is 1. The number of hydrogen-bond acceptors (Lipinski definition) is 6. The van der Waals surface area contributed by atoms with Crippen LogP contribution in [0.2, 0.25) is 0 Å². The van der Waals surface area contributed by atoms with Crippen molar-refractivity contribution in [3.63, 3.8) is 0 Å². The SMILES string of the molecule is COc1ccc([N+](=O)[O-])cc1OC(C)C(=O)Nc1ccccc1OC(F)F. The quantitative estimate of drug-likeness (QED) is 0.553. The summed E-state index contributed by atoms with van der Waals surface area (Å²) in [5, 5.41) is 13.3. The van der Waals surface area contributed by atoms with Gasteiger partial charge in [0.05, 0.1) is 23.8 Å². The minimum Gasteiger partial charge on any atom is -0.493 e. The van der Waals surface area contributed by atoms with Crippen molar-refractivity contribution in [2.45, 2.75) is 19.6 Å². The van der Waals surface area contributed by atoms with Gasteiger partial charge in [-0.2, -0.15) is 8.78 Å². The lowest BCUT2D eigenvalue weighted by Gasteiger charge is -2.17. The highest BCUT2D eigenvalue weighted by Crippen LogP contribution is 2.32. The number of alkyl halides is 2. The average Bonchev–Trinajstić information content (AvgIpc) is 2.62. The highest BCUT2D eigenvalue weighted by atomic mass is 19.3. The summed E-state index contributed by atoms with van der Waals surface area (Å²) < 4.78 is 39.7. The predicted octanol–water partition coefficient (Wildman–Crippen LogP) is 3.61. The summed E-state index contributed by atoms with van der Waals surface area (Å²) in [5.74, 6) is -0.692. The molecular formula is C17H16F2N2O6. The molecule has 0 fully saturated rings. The van der Waals surface area contributed by atoms with Gasteiger partial charge in [-0.25, -0.2) is 0 Å². The van der Waals surface area contributed by atoms with Gasteiger partial charge in [0, 0.05) is 6.07 Å². The van der Waals surface area contributed by atoms with Crippen molar-refractivity contribution in [3.05, 3.63) is 52.6 Å². The Labute approximate surface area is 152 Å². The summed E-state index contributed by atoms with van der Waals surface area (Å²) >= 11 is 0. The third-order valence-electron chi connectivity index (χ3n) is 3.39. The van der Waals surface area contributed by atoms with Gasteiger partial charge in [-0.15, -0.1) is 0 Å². The number of rotatable bonds is 8. The smallest absolute Gasteiger partial charge is 0.387 e. The fourth-order valence-electron chi connectivity index (χ4n) is 2.12. The average molecular weight is 382 g/mol. The molecule has 0 aliphatic rings. The number of nitrogens with zero attached hydrogens (tertiary/aromatic N) is 1. The van der Waals surface area contributed by atoms with Crippen LogP contribution in [0.15, 0.2) is 42.5 Å². The number of hydrogen-bond donors (Lipinski definition) is 1. The van der Waals surface area contributed by atoms with Crippen LogP contribution < -0.4 is 19.5 Å². The van der Waals surface area contributed by atoms with E-state index in [9.17, 15) is 23.7 Å². The second-order valence-electron chi connectivity index (χ2n) is 5.22. The zero-order chi connectivity index (χ0) is 20.0. The maximum Gasteiger partial charge on any atom is 0.387 e. The van der Waals surface area contributed by atoms with Crippen LogP contribution in [0.25, 0.3) is 0 Å². The second-order valence-corrected chi connectivity index (χ2v) is 5.22. The monoisotopic (exact) mass is 382 g/mol. The van der Waals surface area contributed by atoms with E-state index in [-0.39, 0.29) is 28.6 Å². The number of halogens is 2. The molecule has 2 aromatic rings. The molecule has 0 saturated heterocycles. The van der Waals surface area contributed by atoms with Crippen molar-refractivity contribution < 1.29 is 32.7 Å². The van der Waals surface area contributed by atoms with E-state index >= 15 is 0 Å².